The molecule has 0 saturated heterocycles. The van der Waals surface area contributed by atoms with Crippen LogP contribution in [0.15, 0.2) is 0 Å². The highest BCUT2D eigenvalue weighted by atomic mass is 28.4. The molecule has 0 aromatic heterocycles. The van der Waals surface area contributed by atoms with Crippen LogP contribution < -0.4 is 4.98 Å². The highest BCUT2D eigenvalue weighted by molar-refractivity contribution is 6.74. The first kappa shape index (κ1) is 13.6. The molecule has 3 heteroatoms. The van der Waals surface area contributed by atoms with Gasteiger partial charge in [0.2, 0.25) is 0 Å². The van der Waals surface area contributed by atoms with Crippen LogP contribution in [0.5, 0.6) is 0 Å². The summed E-state index contributed by atoms with van der Waals surface area (Å²) in [6, 6.07) is 0. The van der Waals surface area contributed by atoms with Gasteiger partial charge in [-0.2, -0.15) is 0 Å². The molecule has 0 spiro atoms. The van der Waals surface area contributed by atoms with Crippen molar-refractivity contribution in [2.45, 2.75) is 60.2 Å². The quantitative estimate of drug-likeness (QED) is 0.705. The monoisotopic (exact) mass is 263 g/mol. The Labute approximate surface area is 112 Å². The van der Waals surface area contributed by atoms with Gasteiger partial charge in [0, 0.05) is 11.3 Å². The molecular weight excluding hydrogens is 238 g/mol. The largest absolute Gasteiger partial charge is 0.390 e. The van der Waals surface area contributed by atoms with Gasteiger partial charge in [0.15, 0.2) is 0 Å². The molecule has 0 saturated carbocycles. The Balaban J connectivity index is 2.81. The summed E-state index contributed by atoms with van der Waals surface area (Å²) in [5, 5.41) is 0. The molecule has 0 fully saturated rings. The molecule has 0 bridgehead atoms. The van der Waals surface area contributed by atoms with Crippen LogP contribution in [-0.2, 0) is 10.0 Å². The average molecular weight is 263 g/mol. The molecule has 0 radical (unpaired) electrons. The van der Waals surface area contributed by atoms with Crippen molar-refractivity contribution in [1.82, 2.24) is 0 Å². The van der Waals surface area contributed by atoms with E-state index in [1.54, 1.807) is 0 Å². The molecule has 0 amide bonds. The summed E-state index contributed by atoms with van der Waals surface area (Å²) < 4.78 is 6.35. The Hall–Kier alpha value is -0.803. The molecular formula is C15H25NOSi. The van der Waals surface area contributed by atoms with Crippen LogP contribution in [0.2, 0.25) is 13.1 Å². The Morgan fingerprint density at radius 1 is 0.889 bits per heavy atom. The third kappa shape index (κ3) is 1.90. The van der Waals surface area contributed by atoms with E-state index in [1.165, 1.54) is 33.5 Å². The second kappa shape index (κ2) is 3.84. The third-order valence-electron chi connectivity index (χ3n) is 4.23. The minimum atomic E-state index is -1.82. The zero-order valence-electron chi connectivity index (χ0n) is 12.9. The van der Waals surface area contributed by atoms with Crippen molar-refractivity contribution in [3.63, 3.8) is 0 Å². The normalized spacial score (nSPS) is 20.2. The SMILES string of the molecule is Cc1c(C)c(C)c2c(c1C)N[Si](C)(C)OC2(C)C. The summed E-state index contributed by atoms with van der Waals surface area (Å²) in [6.07, 6.45) is 0. The lowest BCUT2D eigenvalue weighted by atomic mass is 9.85. The van der Waals surface area contributed by atoms with Gasteiger partial charge < -0.3 is 9.41 Å². The Morgan fingerprint density at radius 3 is 1.94 bits per heavy atom. The minimum absolute atomic E-state index is 0.191. The van der Waals surface area contributed by atoms with Crippen molar-refractivity contribution in [2.24, 2.45) is 0 Å². The molecule has 0 aliphatic carbocycles. The molecule has 100 valence electrons. The first-order valence-electron chi connectivity index (χ1n) is 6.66. The molecule has 0 unspecified atom stereocenters. The predicted molar refractivity (Wildman–Crippen MR) is 80.6 cm³/mol. The molecule has 1 heterocycles. The Morgan fingerprint density at radius 2 is 1.39 bits per heavy atom. The molecule has 1 aliphatic heterocycles. The second-order valence-corrected chi connectivity index (χ2v) is 9.97. The highest BCUT2D eigenvalue weighted by Crippen LogP contribution is 2.44. The number of benzene rings is 1. The fourth-order valence-electron chi connectivity index (χ4n) is 3.24. The van der Waals surface area contributed by atoms with Crippen LogP contribution in [0.3, 0.4) is 0 Å². The zero-order chi connectivity index (χ0) is 13.9. The van der Waals surface area contributed by atoms with Crippen LogP contribution in [0.1, 0.15) is 41.7 Å². The molecule has 18 heavy (non-hydrogen) atoms. The molecule has 2 nitrogen and oxygen atoms in total. The summed E-state index contributed by atoms with van der Waals surface area (Å²) in [7, 11) is -1.82. The van der Waals surface area contributed by atoms with Crippen molar-refractivity contribution in [3.8, 4) is 0 Å². The standard InChI is InChI=1S/C15H25NOSi/c1-9-10(2)12(4)14-13(11(9)3)15(5,6)17-18(7,8)16-14/h16H,1-8H3. The van der Waals surface area contributed by atoms with Gasteiger partial charge in [0.1, 0.15) is 0 Å². The number of nitrogens with one attached hydrogen (secondary N) is 1. The lowest BCUT2D eigenvalue weighted by molar-refractivity contribution is 0.0951. The number of anilines is 1. The molecule has 1 N–H and O–H groups in total. The minimum Gasteiger partial charge on any atom is -0.390 e. The number of fused-ring (bicyclic) bond motifs is 1. The summed E-state index contributed by atoms with van der Waals surface area (Å²) in [4.78, 5) is 3.69. The lowest BCUT2D eigenvalue weighted by Crippen LogP contribution is -2.51. The molecule has 1 aliphatic rings. The molecule has 1 aromatic rings. The van der Waals surface area contributed by atoms with E-state index in [0.29, 0.717) is 0 Å². The van der Waals surface area contributed by atoms with Crippen LogP contribution in [0.4, 0.5) is 5.69 Å². The Bertz CT molecular complexity index is 518. The first-order chi connectivity index (χ1) is 8.07. The van der Waals surface area contributed by atoms with E-state index in [9.17, 15) is 0 Å². The Kier molecular flexibility index (Phi) is 2.91. The van der Waals surface area contributed by atoms with E-state index in [4.69, 9.17) is 4.43 Å². The maximum atomic E-state index is 6.35. The van der Waals surface area contributed by atoms with Crippen LogP contribution in [0.25, 0.3) is 0 Å². The van der Waals surface area contributed by atoms with E-state index >= 15 is 0 Å². The van der Waals surface area contributed by atoms with Crippen molar-refractivity contribution >= 4 is 14.2 Å². The second-order valence-electron chi connectivity index (χ2n) is 6.50. The summed E-state index contributed by atoms with van der Waals surface area (Å²) in [5.74, 6) is 0. The molecule has 2 rings (SSSR count). The van der Waals surface area contributed by atoms with E-state index < -0.39 is 8.48 Å². The van der Waals surface area contributed by atoms with Crippen LogP contribution >= 0.6 is 0 Å². The van der Waals surface area contributed by atoms with Gasteiger partial charge in [-0.15, -0.1) is 0 Å². The molecule has 1 aromatic carbocycles. The average Bonchev–Trinajstić information content (AvgIpc) is 2.19. The molecule has 0 atom stereocenters. The zero-order valence-corrected chi connectivity index (χ0v) is 13.9. The predicted octanol–water partition coefficient (Wildman–Crippen LogP) is 4.30. The number of rotatable bonds is 0. The van der Waals surface area contributed by atoms with Gasteiger partial charge in [-0.3, -0.25) is 0 Å². The summed E-state index contributed by atoms with van der Waals surface area (Å²) >= 11 is 0. The van der Waals surface area contributed by atoms with Crippen molar-refractivity contribution in [3.05, 3.63) is 27.8 Å². The van der Waals surface area contributed by atoms with Gasteiger partial charge in [0.05, 0.1) is 5.60 Å². The van der Waals surface area contributed by atoms with E-state index in [-0.39, 0.29) is 5.60 Å². The van der Waals surface area contributed by atoms with Crippen LogP contribution in [-0.4, -0.2) is 8.48 Å². The topological polar surface area (TPSA) is 21.3 Å². The van der Waals surface area contributed by atoms with Crippen LogP contribution in [0, 0.1) is 27.7 Å². The summed E-state index contributed by atoms with van der Waals surface area (Å²) in [5.41, 5.74) is 8.02. The van der Waals surface area contributed by atoms with E-state index in [2.05, 4.69) is 59.6 Å². The fourth-order valence-corrected chi connectivity index (χ4v) is 5.58. The van der Waals surface area contributed by atoms with Crippen molar-refractivity contribution < 1.29 is 4.43 Å². The highest BCUT2D eigenvalue weighted by Gasteiger charge is 2.42. The number of hydrogen-bond donors (Lipinski definition) is 1. The third-order valence-corrected chi connectivity index (χ3v) is 6.10. The van der Waals surface area contributed by atoms with Crippen molar-refractivity contribution in [2.75, 3.05) is 4.98 Å². The van der Waals surface area contributed by atoms with Gasteiger partial charge in [-0.25, -0.2) is 0 Å². The number of hydrogen-bond acceptors (Lipinski definition) is 2. The summed E-state index contributed by atoms with van der Waals surface area (Å²) in [6.45, 7) is 17.7. The lowest BCUT2D eigenvalue weighted by Gasteiger charge is -2.45. The smallest absolute Gasteiger partial charge is 0.292 e. The van der Waals surface area contributed by atoms with Gasteiger partial charge in [0.25, 0.3) is 8.48 Å². The van der Waals surface area contributed by atoms with E-state index in [0.717, 1.165) is 0 Å². The van der Waals surface area contributed by atoms with Gasteiger partial charge in [-0.1, -0.05) is 0 Å². The van der Waals surface area contributed by atoms with Gasteiger partial charge in [-0.05, 0) is 76.9 Å². The van der Waals surface area contributed by atoms with Gasteiger partial charge >= 0.3 is 0 Å². The maximum Gasteiger partial charge on any atom is 0.292 e. The first-order valence-corrected chi connectivity index (χ1v) is 9.57. The van der Waals surface area contributed by atoms with Crippen molar-refractivity contribution in [1.29, 1.82) is 0 Å². The van der Waals surface area contributed by atoms with E-state index in [1.807, 2.05) is 0 Å². The maximum absolute atomic E-state index is 6.35. The fraction of sp³-hybridized carbons (Fsp3) is 0.600.